The van der Waals surface area contributed by atoms with Gasteiger partial charge in [0.25, 0.3) is 0 Å². The van der Waals surface area contributed by atoms with Crippen LogP contribution in [0.1, 0.15) is 18.6 Å². The van der Waals surface area contributed by atoms with E-state index in [0.29, 0.717) is 18.2 Å². The quantitative estimate of drug-likeness (QED) is 0.806. The SMILES string of the molecule is CCNc1ncccc1S(=O)(=O)NCc1nc(C)no1. The molecule has 8 nitrogen and oxygen atoms in total. The second-order valence-electron chi connectivity index (χ2n) is 3.94. The molecule has 0 spiro atoms. The molecule has 0 unspecified atom stereocenters. The fourth-order valence-electron chi connectivity index (χ4n) is 1.55. The Morgan fingerprint density at radius 3 is 2.85 bits per heavy atom. The maximum atomic E-state index is 12.2. The Morgan fingerprint density at radius 2 is 2.20 bits per heavy atom. The first-order valence-electron chi connectivity index (χ1n) is 6.00. The van der Waals surface area contributed by atoms with Crippen molar-refractivity contribution in [3.8, 4) is 0 Å². The van der Waals surface area contributed by atoms with Crippen molar-refractivity contribution in [1.29, 1.82) is 0 Å². The van der Waals surface area contributed by atoms with Crippen LogP contribution in [0.5, 0.6) is 0 Å². The van der Waals surface area contributed by atoms with Gasteiger partial charge in [-0.05, 0) is 26.0 Å². The molecule has 0 saturated heterocycles. The molecule has 0 aliphatic rings. The summed E-state index contributed by atoms with van der Waals surface area (Å²) in [5, 5.41) is 6.49. The summed E-state index contributed by atoms with van der Waals surface area (Å²) < 4.78 is 31.7. The molecule has 2 heterocycles. The van der Waals surface area contributed by atoms with Gasteiger partial charge in [0, 0.05) is 12.7 Å². The van der Waals surface area contributed by atoms with Gasteiger partial charge in [-0.15, -0.1) is 0 Å². The highest BCUT2D eigenvalue weighted by Gasteiger charge is 2.19. The van der Waals surface area contributed by atoms with Gasteiger partial charge in [-0.3, -0.25) is 0 Å². The minimum Gasteiger partial charge on any atom is -0.369 e. The van der Waals surface area contributed by atoms with E-state index >= 15 is 0 Å². The fraction of sp³-hybridized carbons (Fsp3) is 0.364. The summed E-state index contributed by atoms with van der Waals surface area (Å²) in [6, 6.07) is 3.04. The van der Waals surface area contributed by atoms with E-state index in [4.69, 9.17) is 4.52 Å². The molecule has 0 atom stereocenters. The number of anilines is 1. The van der Waals surface area contributed by atoms with Crippen LogP contribution in [-0.4, -0.2) is 30.1 Å². The highest BCUT2D eigenvalue weighted by atomic mass is 32.2. The first-order chi connectivity index (χ1) is 9.53. The average molecular weight is 297 g/mol. The lowest BCUT2D eigenvalue weighted by atomic mass is 10.4. The Hall–Kier alpha value is -2.00. The number of aryl methyl sites for hydroxylation is 1. The third kappa shape index (κ3) is 3.31. The summed E-state index contributed by atoms with van der Waals surface area (Å²) in [5.41, 5.74) is 0. The maximum Gasteiger partial charge on any atom is 0.244 e. The van der Waals surface area contributed by atoms with Crippen LogP contribution in [0.25, 0.3) is 0 Å². The van der Waals surface area contributed by atoms with Gasteiger partial charge in [0.15, 0.2) is 5.82 Å². The Morgan fingerprint density at radius 1 is 1.40 bits per heavy atom. The Balaban J connectivity index is 2.18. The highest BCUT2D eigenvalue weighted by molar-refractivity contribution is 7.89. The van der Waals surface area contributed by atoms with Crippen LogP contribution >= 0.6 is 0 Å². The molecule has 2 rings (SSSR count). The van der Waals surface area contributed by atoms with Crippen molar-refractivity contribution in [3.63, 3.8) is 0 Å². The molecule has 0 aliphatic carbocycles. The molecule has 0 radical (unpaired) electrons. The van der Waals surface area contributed by atoms with Crippen LogP contribution in [0.4, 0.5) is 5.82 Å². The number of aromatic nitrogens is 3. The van der Waals surface area contributed by atoms with Crippen molar-refractivity contribution < 1.29 is 12.9 Å². The number of sulfonamides is 1. The van der Waals surface area contributed by atoms with Crippen LogP contribution in [-0.2, 0) is 16.6 Å². The predicted molar refractivity (Wildman–Crippen MR) is 71.5 cm³/mol. The van der Waals surface area contributed by atoms with E-state index in [0.717, 1.165) is 0 Å². The molecule has 0 amide bonds. The van der Waals surface area contributed by atoms with Crippen molar-refractivity contribution in [2.45, 2.75) is 25.3 Å². The number of nitrogens with zero attached hydrogens (tertiary/aromatic N) is 3. The monoisotopic (exact) mass is 297 g/mol. The lowest BCUT2D eigenvalue weighted by molar-refractivity contribution is 0.372. The fourth-order valence-corrected chi connectivity index (χ4v) is 2.66. The highest BCUT2D eigenvalue weighted by Crippen LogP contribution is 2.17. The third-order valence-electron chi connectivity index (χ3n) is 2.39. The summed E-state index contributed by atoms with van der Waals surface area (Å²) in [7, 11) is -3.70. The number of hydrogen-bond donors (Lipinski definition) is 2. The minimum atomic E-state index is -3.70. The first kappa shape index (κ1) is 14.4. The van der Waals surface area contributed by atoms with E-state index in [1.165, 1.54) is 12.3 Å². The molecule has 2 aromatic heterocycles. The Kier molecular flexibility index (Phi) is 4.30. The molecule has 2 aromatic rings. The smallest absolute Gasteiger partial charge is 0.244 e. The Bertz CT molecular complexity index is 683. The summed E-state index contributed by atoms with van der Waals surface area (Å²) in [5.74, 6) is 0.970. The summed E-state index contributed by atoms with van der Waals surface area (Å²) in [4.78, 5) is 8.02. The van der Waals surface area contributed by atoms with E-state index in [2.05, 4.69) is 25.2 Å². The molecule has 2 N–H and O–H groups in total. The van der Waals surface area contributed by atoms with E-state index < -0.39 is 10.0 Å². The van der Waals surface area contributed by atoms with Crippen LogP contribution < -0.4 is 10.0 Å². The largest absolute Gasteiger partial charge is 0.369 e. The lowest BCUT2D eigenvalue weighted by Gasteiger charge is -2.10. The molecule has 20 heavy (non-hydrogen) atoms. The van der Waals surface area contributed by atoms with Crippen molar-refractivity contribution in [2.24, 2.45) is 0 Å². The van der Waals surface area contributed by atoms with Crippen molar-refractivity contribution >= 4 is 15.8 Å². The van der Waals surface area contributed by atoms with Gasteiger partial charge in [-0.1, -0.05) is 5.16 Å². The Labute approximate surface area is 116 Å². The minimum absolute atomic E-state index is 0.0658. The van der Waals surface area contributed by atoms with Gasteiger partial charge in [0.1, 0.15) is 10.7 Å². The second kappa shape index (κ2) is 5.97. The molecule has 9 heteroatoms. The van der Waals surface area contributed by atoms with Gasteiger partial charge in [-0.25, -0.2) is 18.1 Å². The van der Waals surface area contributed by atoms with Crippen LogP contribution in [0, 0.1) is 6.92 Å². The molecule has 0 bridgehead atoms. The van der Waals surface area contributed by atoms with Gasteiger partial charge < -0.3 is 9.84 Å². The van der Waals surface area contributed by atoms with Crippen molar-refractivity contribution in [2.75, 3.05) is 11.9 Å². The van der Waals surface area contributed by atoms with E-state index in [1.807, 2.05) is 6.92 Å². The molecule has 0 aromatic carbocycles. The summed E-state index contributed by atoms with van der Waals surface area (Å²) in [6.07, 6.45) is 1.53. The summed E-state index contributed by atoms with van der Waals surface area (Å²) in [6.45, 7) is 4.03. The molecular formula is C11H15N5O3S. The number of nitrogens with one attached hydrogen (secondary N) is 2. The van der Waals surface area contributed by atoms with Gasteiger partial charge in [0.2, 0.25) is 15.9 Å². The average Bonchev–Trinajstić information content (AvgIpc) is 2.83. The van der Waals surface area contributed by atoms with Crippen LogP contribution in [0.15, 0.2) is 27.7 Å². The van der Waals surface area contributed by atoms with E-state index in [1.54, 1.807) is 13.0 Å². The number of pyridine rings is 1. The predicted octanol–water partition coefficient (Wildman–Crippen LogP) is 0.683. The first-order valence-corrected chi connectivity index (χ1v) is 7.49. The van der Waals surface area contributed by atoms with Gasteiger partial charge in [-0.2, -0.15) is 4.98 Å². The standard InChI is InChI=1S/C11H15N5O3S/c1-3-12-11-9(5-4-6-13-11)20(17,18)14-7-10-15-8(2)16-19-10/h4-6,14H,3,7H2,1-2H3,(H,12,13). The zero-order valence-electron chi connectivity index (χ0n) is 11.1. The molecule has 0 saturated carbocycles. The maximum absolute atomic E-state index is 12.2. The van der Waals surface area contributed by atoms with Crippen molar-refractivity contribution in [3.05, 3.63) is 30.0 Å². The van der Waals surface area contributed by atoms with E-state index in [-0.39, 0.29) is 17.3 Å². The van der Waals surface area contributed by atoms with Crippen molar-refractivity contribution in [1.82, 2.24) is 19.8 Å². The summed E-state index contributed by atoms with van der Waals surface area (Å²) >= 11 is 0. The van der Waals surface area contributed by atoms with Crippen LogP contribution in [0.3, 0.4) is 0 Å². The number of hydrogen-bond acceptors (Lipinski definition) is 7. The zero-order valence-corrected chi connectivity index (χ0v) is 11.9. The van der Waals surface area contributed by atoms with Crippen LogP contribution in [0.2, 0.25) is 0 Å². The molecule has 108 valence electrons. The zero-order chi connectivity index (χ0) is 14.6. The van der Waals surface area contributed by atoms with Gasteiger partial charge >= 0.3 is 0 Å². The molecular weight excluding hydrogens is 282 g/mol. The molecule has 0 fully saturated rings. The van der Waals surface area contributed by atoms with Gasteiger partial charge in [0.05, 0.1) is 6.54 Å². The molecule has 0 aliphatic heterocycles. The van der Waals surface area contributed by atoms with E-state index in [9.17, 15) is 8.42 Å². The number of rotatable bonds is 6. The lowest BCUT2D eigenvalue weighted by Crippen LogP contribution is -2.24. The topological polar surface area (TPSA) is 110 Å². The normalized spacial score (nSPS) is 11.5. The third-order valence-corrected chi connectivity index (χ3v) is 3.82. The second-order valence-corrected chi connectivity index (χ2v) is 5.68.